The fourth-order valence-corrected chi connectivity index (χ4v) is 4.46. The van der Waals surface area contributed by atoms with Crippen molar-refractivity contribution < 1.29 is 28.9 Å². The minimum absolute atomic E-state index is 0.0469. The van der Waals surface area contributed by atoms with Gasteiger partial charge in [-0.2, -0.15) is 0 Å². The third-order valence-corrected chi connectivity index (χ3v) is 6.43. The molecule has 1 N–H and O–H groups in total. The second-order valence-corrected chi connectivity index (χ2v) is 9.16. The van der Waals surface area contributed by atoms with Crippen molar-refractivity contribution >= 4 is 17.4 Å². The van der Waals surface area contributed by atoms with Crippen LogP contribution < -0.4 is 9.47 Å². The van der Waals surface area contributed by atoms with Gasteiger partial charge in [-0.25, -0.2) is 0 Å². The number of Topliss-reactive ketones (excluding diaryl/α,β-unsaturated/α-hetero) is 1. The molecule has 1 unspecified atom stereocenters. The van der Waals surface area contributed by atoms with Crippen molar-refractivity contribution in [2.24, 2.45) is 0 Å². The zero-order valence-electron chi connectivity index (χ0n) is 22.0. The van der Waals surface area contributed by atoms with Crippen molar-refractivity contribution in [3.8, 4) is 11.5 Å². The van der Waals surface area contributed by atoms with Crippen LogP contribution in [-0.4, -0.2) is 48.6 Å². The summed E-state index contributed by atoms with van der Waals surface area (Å²) < 4.78 is 16.8. The number of likely N-dealkylation sites (tertiary alicyclic amines) is 1. The molecule has 4 rings (SSSR count). The van der Waals surface area contributed by atoms with Gasteiger partial charge in [0, 0.05) is 19.2 Å². The molecule has 0 spiro atoms. The van der Waals surface area contributed by atoms with Crippen LogP contribution in [0.2, 0.25) is 0 Å². The van der Waals surface area contributed by atoms with E-state index in [1.165, 1.54) is 12.0 Å². The Labute approximate surface area is 223 Å². The van der Waals surface area contributed by atoms with Gasteiger partial charge in [0.15, 0.2) is 0 Å². The Morgan fingerprint density at radius 2 is 1.68 bits per heavy atom. The van der Waals surface area contributed by atoms with E-state index in [-0.39, 0.29) is 24.5 Å². The minimum atomic E-state index is -0.750. The van der Waals surface area contributed by atoms with Crippen LogP contribution in [0.4, 0.5) is 0 Å². The highest BCUT2D eigenvalue weighted by atomic mass is 16.5. The Morgan fingerprint density at radius 1 is 0.947 bits per heavy atom. The van der Waals surface area contributed by atoms with Gasteiger partial charge in [-0.3, -0.25) is 9.59 Å². The van der Waals surface area contributed by atoms with Crippen LogP contribution in [-0.2, 0) is 20.9 Å². The maximum absolute atomic E-state index is 13.2. The first-order chi connectivity index (χ1) is 18.4. The summed E-state index contributed by atoms with van der Waals surface area (Å²) >= 11 is 0. The molecule has 0 saturated carbocycles. The fraction of sp³-hybridized carbons (Fsp3) is 0.290. The highest BCUT2D eigenvalue weighted by molar-refractivity contribution is 6.46. The summed E-state index contributed by atoms with van der Waals surface area (Å²) in [5, 5.41) is 11.4. The van der Waals surface area contributed by atoms with E-state index in [1.54, 1.807) is 18.2 Å². The van der Waals surface area contributed by atoms with E-state index < -0.39 is 17.7 Å². The molecule has 1 aliphatic rings. The summed E-state index contributed by atoms with van der Waals surface area (Å²) in [5.41, 5.74) is 3.02. The number of benzene rings is 3. The first-order valence-corrected chi connectivity index (χ1v) is 12.7. The number of hydrogen-bond donors (Lipinski definition) is 1. The Hall–Kier alpha value is -4.10. The van der Waals surface area contributed by atoms with Crippen molar-refractivity contribution in [3.63, 3.8) is 0 Å². The predicted molar refractivity (Wildman–Crippen MR) is 145 cm³/mol. The zero-order valence-corrected chi connectivity index (χ0v) is 22.0. The molecule has 7 heteroatoms. The molecule has 1 heterocycles. The number of aliphatic hydroxyl groups excluding tert-OH is 1. The first kappa shape index (κ1) is 26.9. The van der Waals surface area contributed by atoms with Crippen molar-refractivity contribution in [2.75, 3.05) is 26.9 Å². The number of ether oxygens (including phenoxy) is 3. The molecule has 7 nitrogen and oxygen atoms in total. The molecule has 0 radical (unpaired) electrons. The topological polar surface area (TPSA) is 85.3 Å². The smallest absolute Gasteiger partial charge is 0.295 e. The lowest BCUT2D eigenvalue weighted by Crippen LogP contribution is -2.32. The Kier molecular flexibility index (Phi) is 8.81. The monoisotopic (exact) mass is 515 g/mol. The third-order valence-electron chi connectivity index (χ3n) is 6.43. The lowest BCUT2D eigenvalue weighted by Gasteiger charge is -2.25. The van der Waals surface area contributed by atoms with Crippen molar-refractivity contribution in [1.82, 2.24) is 4.90 Å². The third kappa shape index (κ3) is 5.89. The molecule has 0 aliphatic carbocycles. The zero-order chi connectivity index (χ0) is 27.1. The number of ketones is 1. The van der Waals surface area contributed by atoms with Gasteiger partial charge in [0.1, 0.15) is 23.9 Å². The largest absolute Gasteiger partial charge is 0.507 e. The van der Waals surface area contributed by atoms with Crippen LogP contribution in [0.25, 0.3) is 5.76 Å². The van der Waals surface area contributed by atoms with Gasteiger partial charge >= 0.3 is 0 Å². The number of carbonyl (C=O) groups is 2. The maximum Gasteiger partial charge on any atom is 0.295 e. The number of amides is 1. The number of nitrogens with zero attached hydrogens (tertiary/aromatic N) is 1. The molecule has 1 atom stereocenters. The molecule has 198 valence electrons. The van der Waals surface area contributed by atoms with Gasteiger partial charge in [-0.05, 0) is 60.4 Å². The van der Waals surface area contributed by atoms with Crippen LogP contribution in [0, 0.1) is 6.92 Å². The fourth-order valence-electron chi connectivity index (χ4n) is 4.46. The van der Waals surface area contributed by atoms with Crippen LogP contribution in [0.3, 0.4) is 0 Å². The van der Waals surface area contributed by atoms with E-state index in [9.17, 15) is 14.7 Å². The molecule has 1 saturated heterocycles. The van der Waals surface area contributed by atoms with E-state index in [1.807, 2.05) is 68.4 Å². The molecular formula is C31H33NO6. The van der Waals surface area contributed by atoms with E-state index in [0.29, 0.717) is 35.8 Å². The van der Waals surface area contributed by atoms with Crippen molar-refractivity contribution in [3.05, 3.63) is 101 Å². The molecule has 3 aromatic carbocycles. The van der Waals surface area contributed by atoms with E-state index >= 15 is 0 Å². The SMILES string of the molecule is CCCOc1ccc(C2/C(=C(/O)c3ccc(OCc4ccccc4)c(C)c3)C(=O)C(=O)N2CCOC)cc1. The minimum Gasteiger partial charge on any atom is -0.507 e. The second kappa shape index (κ2) is 12.4. The van der Waals surface area contributed by atoms with Gasteiger partial charge in [0.05, 0.1) is 24.8 Å². The Morgan fingerprint density at radius 3 is 2.34 bits per heavy atom. The van der Waals surface area contributed by atoms with Gasteiger partial charge in [-0.15, -0.1) is 0 Å². The number of methoxy groups -OCH3 is 1. The first-order valence-electron chi connectivity index (χ1n) is 12.7. The Balaban J connectivity index is 1.67. The van der Waals surface area contributed by atoms with Crippen LogP contribution in [0.15, 0.2) is 78.4 Å². The van der Waals surface area contributed by atoms with E-state index in [4.69, 9.17) is 14.2 Å². The van der Waals surface area contributed by atoms with Gasteiger partial charge in [0.2, 0.25) is 0 Å². The molecular weight excluding hydrogens is 482 g/mol. The quantitative estimate of drug-likeness (QED) is 0.208. The lowest BCUT2D eigenvalue weighted by molar-refractivity contribution is -0.140. The summed E-state index contributed by atoms with van der Waals surface area (Å²) in [5.74, 6) is -0.245. The number of hydrogen-bond acceptors (Lipinski definition) is 6. The van der Waals surface area contributed by atoms with Gasteiger partial charge in [0.25, 0.3) is 11.7 Å². The standard InChI is InChI=1S/C31H33NO6/c1-4-17-37-25-13-10-23(11-14-25)28-27(30(34)31(35)32(28)16-18-36-3)29(33)24-12-15-26(21(2)19-24)38-20-22-8-6-5-7-9-22/h5-15,19,28,33H,4,16-18,20H2,1-3H3/b29-27-. The van der Waals surface area contributed by atoms with Crippen LogP contribution >= 0.6 is 0 Å². The number of carbonyl (C=O) groups excluding carboxylic acids is 2. The van der Waals surface area contributed by atoms with Crippen molar-refractivity contribution in [2.45, 2.75) is 32.9 Å². The number of aliphatic hydroxyl groups is 1. The van der Waals surface area contributed by atoms with Gasteiger partial charge in [-0.1, -0.05) is 49.4 Å². The summed E-state index contributed by atoms with van der Waals surface area (Å²) in [6.45, 7) is 5.38. The molecule has 3 aromatic rings. The van der Waals surface area contributed by atoms with E-state index in [2.05, 4.69) is 0 Å². The van der Waals surface area contributed by atoms with Gasteiger partial charge < -0.3 is 24.2 Å². The summed E-state index contributed by atoms with van der Waals surface area (Å²) in [7, 11) is 1.54. The van der Waals surface area contributed by atoms with E-state index in [0.717, 1.165) is 17.5 Å². The molecule has 1 fully saturated rings. The number of aryl methyl sites for hydroxylation is 1. The maximum atomic E-state index is 13.2. The molecule has 0 bridgehead atoms. The van der Waals surface area contributed by atoms with Crippen LogP contribution in [0.1, 0.15) is 41.6 Å². The summed E-state index contributed by atoms with van der Waals surface area (Å²) in [6, 6.07) is 21.6. The highest BCUT2D eigenvalue weighted by Crippen LogP contribution is 2.40. The highest BCUT2D eigenvalue weighted by Gasteiger charge is 2.45. The number of rotatable bonds is 11. The average Bonchev–Trinajstić information content (AvgIpc) is 3.19. The molecule has 1 amide bonds. The molecule has 0 aromatic heterocycles. The summed E-state index contributed by atoms with van der Waals surface area (Å²) in [4.78, 5) is 27.7. The second-order valence-electron chi connectivity index (χ2n) is 9.16. The molecule has 38 heavy (non-hydrogen) atoms. The van der Waals surface area contributed by atoms with Crippen molar-refractivity contribution in [1.29, 1.82) is 0 Å². The Bertz CT molecular complexity index is 1300. The lowest BCUT2D eigenvalue weighted by atomic mass is 9.94. The molecule has 1 aliphatic heterocycles. The normalized spacial score (nSPS) is 16.6. The van der Waals surface area contributed by atoms with Crippen LogP contribution in [0.5, 0.6) is 11.5 Å². The summed E-state index contributed by atoms with van der Waals surface area (Å²) in [6.07, 6.45) is 0.883. The predicted octanol–water partition coefficient (Wildman–Crippen LogP) is 5.43. The average molecular weight is 516 g/mol.